The summed E-state index contributed by atoms with van der Waals surface area (Å²) in [6.07, 6.45) is -3.23. The number of thiazole rings is 1. The van der Waals surface area contributed by atoms with Crippen LogP contribution in [0.15, 0.2) is 24.3 Å². The van der Waals surface area contributed by atoms with Crippen LogP contribution in [0, 0.1) is 0 Å². The lowest BCUT2D eigenvalue weighted by Crippen LogP contribution is -2.43. The molecule has 2 aliphatic rings. The lowest BCUT2D eigenvalue weighted by atomic mass is 10.2. The molecule has 0 unspecified atom stereocenters. The molecule has 1 atom stereocenters. The van der Waals surface area contributed by atoms with Gasteiger partial charge >= 0.3 is 24.0 Å². The summed E-state index contributed by atoms with van der Waals surface area (Å²) in [4.78, 5) is 43.1. The number of para-hydroxylation sites is 1. The monoisotopic (exact) mass is 412 g/mol. The first-order valence-corrected chi connectivity index (χ1v) is 9.40. The molecule has 0 radical (unpaired) electrons. The highest BCUT2D eigenvalue weighted by atomic mass is 32.1. The minimum Gasteiger partial charge on any atom is -0.276 e. The van der Waals surface area contributed by atoms with Crippen molar-refractivity contribution in [2.24, 2.45) is 0 Å². The SMILES string of the molecule is O=C1C(=O)N(CC(F)(F)F)C(=O)N1CN1CCC[C@H]1c1nc2ccccc2s1. The number of carbonyl (C=O) groups excluding carboxylic acids is 3. The Morgan fingerprint density at radius 1 is 1.11 bits per heavy atom. The second kappa shape index (κ2) is 6.82. The van der Waals surface area contributed by atoms with Crippen molar-refractivity contribution in [3.63, 3.8) is 0 Å². The molecule has 0 saturated carbocycles. The van der Waals surface area contributed by atoms with Gasteiger partial charge in [0.05, 0.1) is 22.9 Å². The van der Waals surface area contributed by atoms with Gasteiger partial charge in [-0.25, -0.2) is 19.6 Å². The van der Waals surface area contributed by atoms with Gasteiger partial charge in [0.2, 0.25) is 0 Å². The van der Waals surface area contributed by atoms with E-state index >= 15 is 0 Å². The number of hydrogen-bond acceptors (Lipinski definition) is 6. The van der Waals surface area contributed by atoms with Crippen molar-refractivity contribution in [2.45, 2.75) is 25.1 Å². The Morgan fingerprint density at radius 2 is 1.82 bits per heavy atom. The van der Waals surface area contributed by atoms with Crippen molar-refractivity contribution in [2.75, 3.05) is 19.8 Å². The molecule has 11 heteroatoms. The molecule has 0 bridgehead atoms. The Bertz CT molecular complexity index is 928. The van der Waals surface area contributed by atoms with Gasteiger partial charge in [-0.3, -0.25) is 14.5 Å². The molecule has 4 rings (SSSR count). The van der Waals surface area contributed by atoms with Gasteiger partial charge in [-0.2, -0.15) is 13.2 Å². The van der Waals surface area contributed by atoms with Gasteiger partial charge in [0.1, 0.15) is 11.6 Å². The average molecular weight is 412 g/mol. The molecule has 28 heavy (non-hydrogen) atoms. The molecule has 2 aliphatic heterocycles. The van der Waals surface area contributed by atoms with E-state index < -0.39 is 30.6 Å². The fraction of sp³-hybridized carbons (Fsp3) is 0.412. The number of likely N-dealkylation sites (tertiary alicyclic amines) is 1. The molecular formula is C17H15F3N4O3S. The number of carbonyl (C=O) groups is 3. The van der Waals surface area contributed by atoms with Gasteiger partial charge in [-0.1, -0.05) is 12.1 Å². The summed E-state index contributed by atoms with van der Waals surface area (Å²) in [5, 5.41) is 0.816. The van der Waals surface area contributed by atoms with Crippen molar-refractivity contribution in [3.05, 3.63) is 29.3 Å². The van der Waals surface area contributed by atoms with E-state index in [-0.39, 0.29) is 17.6 Å². The fourth-order valence-electron chi connectivity index (χ4n) is 3.48. The molecule has 1 aromatic heterocycles. The summed E-state index contributed by atoms with van der Waals surface area (Å²) >= 11 is 1.50. The molecule has 148 valence electrons. The zero-order valence-electron chi connectivity index (χ0n) is 14.5. The predicted molar refractivity (Wildman–Crippen MR) is 93.2 cm³/mol. The molecule has 0 N–H and O–H groups in total. The zero-order valence-corrected chi connectivity index (χ0v) is 15.3. The highest BCUT2D eigenvalue weighted by molar-refractivity contribution is 7.18. The number of hydrogen-bond donors (Lipinski definition) is 0. The summed E-state index contributed by atoms with van der Waals surface area (Å²) < 4.78 is 38.8. The van der Waals surface area contributed by atoms with E-state index in [1.807, 2.05) is 24.3 Å². The quantitative estimate of drug-likeness (QED) is 0.570. The first-order chi connectivity index (χ1) is 13.2. The molecular weight excluding hydrogens is 397 g/mol. The maximum absolute atomic E-state index is 12.6. The lowest BCUT2D eigenvalue weighted by Gasteiger charge is -2.26. The van der Waals surface area contributed by atoms with Gasteiger partial charge < -0.3 is 0 Å². The Labute approximate surface area is 161 Å². The number of halogens is 3. The molecule has 4 amide bonds. The smallest absolute Gasteiger partial charge is 0.276 e. The number of nitrogens with zero attached hydrogens (tertiary/aromatic N) is 4. The van der Waals surface area contributed by atoms with Crippen LogP contribution >= 0.6 is 11.3 Å². The Balaban J connectivity index is 1.53. The predicted octanol–water partition coefficient (Wildman–Crippen LogP) is 2.74. The lowest BCUT2D eigenvalue weighted by molar-refractivity contribution is -0.156. The molecule has 1 aromatic carbocycles. The van der Waals surface area contributed by atoms with Crippen molar-refractivity contribution < 1.29 is 27.6 Å². The molecule has 2 fully saturated rings. The van der Waals surface area contributed by atoms with E-state index in [4.69, 9.17) is 0 Å². The summed E-state index contributed by atoms with van der Waals surface area (Å²) in [7, 11) is 0. The number of amides is 4. The molecule has 0 spiro atoms. The van der Waals surface area contributed by atoms with Crippen LogP contribution in [0.5, 0.6) is 0 Å². The Kier molecular flexibility index (Phi) is 4.58. The van der Waals surface area contributed by atoms with Crippen LogP contribution in [0.2, 0.25) is 0 Å². The van der Waals surface area contributed by atoms with Crippen LogP contribution in [0.4, 0.5) is 18.0 Å². The van der Waals surface area contributed by atoms with Gasteiger partial charge in [0.25, 0.3) is 0 Å². The van der Waals surface area contributed by atoms with Crippen molar-refractivity contribution in [1.82, 2.24) is 19.7 Å². The van der Waals surface area contributed by atoms with Crippen LogP contribution < -0.4 is 0 Å². The second-order valence-electron chi connectivity index (χ2n) is 6.65. The summed E-state index contributed by atoms with van der Waals surface area (Å²) in [6, 6.07) is 6.21. The number of imide groups is 2. The van der Waals surface area contributed by atoms with Crippen LogP contribution in [-0.4, -0.2) is 63.5 Å². The first kappa shape index (κ1) is 18.8. The third kappa shape index (κ3) is 3.35. The standard InChI is InChI=1S/C17H15F3N4O3S/c18-17(19,20)8-23-14(25)15(26)24(16(23)27)9-22-7-3-5-11(22)13-21-10-4-1-2-6-12(10)28-13/h1-2,4,6,11H,3,5,7-9H2/t11-/m0/s1. The summed E-state index contributed by atoms with van der Waals surface area (Å²) in [5.41, 5.74) is 0.842. The van der Waals surface area contributed by atoms with E-state index in [0.29, 0.717) is 11.4 Å². The molecule has 2 aromatic rings. The highest BCUT2D eigenvalue weighted by Gasteiger charge is 2.49. The molecule has 3 heterocycles. The third-order valence-corrected chi connectivity index (χ3v) is 5.89. The molecule has 2 saturated heterocycles. The van der Waals surface area contributed by atoms with E-state index in [1.54, 1.807) is 4.90 Å². The minimum absolute atomic E-state index is 0.0505. The number of aromatic nitrogens is 1. The summed E-state index contributed by atoms with van der Waals surface area (Å²) in [5.74, 6) is -2.68. The Morgan fingerprint density at radius 3 is 2.54 bits per heavy atom. The number of rotatable bonds is 4. The van der Waals surface area contributed by atoms with Gasteiger partial charge in [-0.15, -0.1) is 11.3 Å². The van der Waals surface area contributed by atoms with E-state index in [9.17, 15) is 27.6 Å². The zero-order chi connectivity index (χ0) is 20.1. The topological polar surface area (TPSA) is 73.8 Å². The number of urea groups is 1. The van der Waals surface area contributed by atoms with Crippen LogP contribution in [0.3, 0.4) is 0 Å². The number of fused-ring (bicyclic) bond motifs is 1. The third-order valence-electron chi connectivity index (χ3n) is 4.75. The largest absolute Gasteiger partial charge is 0.406 e. The highest BCUT2D eigenvalue weighted by Crippen LogP contribution is 2.36. The Hall–Kier alpha value is -2.53. The van der Waals surface area contributed by atoms with Crippen LogP contribution in [-0.2, 0) is 9.59 Å². The first-order valence-electron chi connectivity index (χ1n) is 8.58. The van der Waals surface area contributed by atoms with Crippen molar-refractivity contribution >= 4 is 39.4 Å². The maximum Gasteiger partial charge on any atom is 0.406 e. The van der Waals surface area contributed by atoms with E-state index in [1.165, 1.54) is 11.3 Å². The van der Waals surface area contributed by atoms with Gasteiger partial charge in [0, 0.05) is 6.54 Å². The van der Waals surface area contributed by atoms with Crippen molar-refractivity contribution in [3.8, 4) is 0 Å². The fourth-order valence-corrected chi connectivity index (χ4v) is 4.62. The van der Waals surface area contributed by atoms with Crippen molar-refractivity contribution in [1.29, 1.82) is 0 Å². The number of benzene rings is 1. The van der Waals surface area contributed by atoms with Gasteiger partial charge in [-0.05, 0) is 25.0 Å². The molecule has 0 aliphatic carbocycles. The number of alkyl halides is 3. The van der Waals surface area contributed by atoms with Gasteiger partial charge in [0.15, 0.2) is 0 Å². The second-order valence-corrected chi connectivity index (χ2v) is 7.72. The van der Waals surface area contributed by atoms with Crippen LogP contribution in [0.1, 0.15) is 23.9 Å². The maximum atomic E-state index is 12.6. The summed E-state index contributed by atoms with van der Waals surface area (Å²) in [6.45, 7) is -1.46. The average Bonchev–Trinajstić information content (AvgIpc) is 3.31. The van der Waals surface area contributed by atoms with Crippen LogP contribution in [0.25, 0.3) is 10.2 Å². The minimum atomic E-state index is -4.77. The van der Waals surface area contributed by atoms with E-state index in [2.05, 4.69) is 4.98 Å². The normalized spacial score (nSPS) is 21.5. The van der Waals surface area contributed by atoms with E-state index in [0.717, 1.165) is 28.1 Å². The molecule has 7 nitrogen and oxygen atoms in total.